The molecule has 0 aromatic heterocycles. The summed E-state index contributed by atoms with van der Waals surface area (Å²) in [6.07, 6.45) is 0.699. The molecule has 1 aliphatic rings. The van der Waals surface area contributed by atoms with E-state index in [0.29, 0.717) is 6.42 Å². The van der Waals surface area contributed by atoms with Crippen LogP contribution in [0.5, 0.6) is 0 Å². The number of hydrogen-bond donors (Lipinski definition) is 1. The van der Waals surface area contributed by atoms with Crippen LogP contribution in [0.15, 0.2) is 24.3 Å². The molecular formula is C16H24N2O2. The number of hydrogen-bond acceptors (Lipinski definition) is 3. The van der Waals surface area contributed by atoms with Gasteiger partial charge in [0.15, 0.2) is 0 Å². The normalized spacial score (nSPS) is 18.1. The SMILES string of the molecule is CCN(CC)CCN1CCC(C(=O)O)c2ccccc21. The fourth-order valence-corrected chi connectivity index (χ4v) is 2.92. The van der Waals surface area contributed by atoms with E-state index in [1.165, 1.54) is 0 Å². The van der Waals surface area contributed by atoms with Gasteiger partial charge in [-0.1, -0.05) is 32.0 Å². The van der Waals surface area contributed by atoms with Crippen molar-refractivity contribution in [2.24, 2.45) is 0 Å². The average Bonchev–Trinajstić information content (AvgIpc) is 2.47. The molecule has 1 heterocycles. The summed E-state index contributed by atoms with van der Waals surface area (Å²) in [6.45, 7) is 9.29. The first kappa shape index (κ1) is 14.9. The van der Waals surface area contributed by atoms with Crippen LogP contribution in [0.1, 0.15) is 31.7 Å². The second-order valence-corrected chi connectivity index (χ2v) is 5.25. The van der Waals surface area contributed by atoms with Crippen molar-refractivity contribution < 1.29 is 9.90 Å². The third kappa shape index (κ3) is 3.12. The van der Waals surface area contributed by atoms with Gasteiger partial charge in [-0.25, -0.2) is 0 Å². The van der Waals surface area contributed by atoms with Crippen molar-refractivity contribution in [3.05, 3.63) is 29.8 Å². The highest BCUT2D eigenvalue weighted by Crippen LogP contribution is 2.35. The van der Waals surface area contributed by atoms with Crippen LogP contribution in [-0.2, 0) is 4.79 Å². The molecule has 0 radical (unpaired) electrons. The van der Waals surface area contributed by atoms with Gasteiger partial charge in [-0.05, 0) is 31.1 Å². The van der Waals surface area contributed by atoms with Crippen molar-refractivity contribution in [2.75, 3.05) is 37.6 Å². The lowest BCUT2D eigenvalue weighted by atomic mass is 9.90. The highest BCUT2D eigenvalue weighted by molar-refractivity contribution is 5.80. The van der Waals surface area contributed by atoms with E-state index in [2.05, 4.69) is 23.6 Å². The van der Waals surface area contributed by atoms with Crippen LogP contribution in [0.25, 0.3) is 0 Å². The molecule has 0 saturated heterocycles. The Morgan fingerprint density at radius 3 is 2.70 bits per heavy atom. The molecule has 110 valence electrons. The number of carbonyl (C=O) groups is 1. The summed E-state index contributed by atoms with van der Waals surface area (Å²) in [7, 11) is 0. The van der Waals surface area contributed by atoms with Crippen LogP contribution in [0.4, 0.5) is 5.69 Å². The van der Waals surface area contributed by atoms with E-state index in [1.54, 1.807) is 0 Å². The molecule has 1 aliphatic heterocycles. The molecule has 0 saturated carbocycles. The third-order valence-corrected chi connectivity index (χ3v) is 4.22. The lowest BCUT2D eigenvalue weighted by Gasteiger charge is -2.35. The lowest BCUT2D eigenvalue weighted by Crippen LogP contribution is -2.39. The zero-order valence-electron chi connectivity index (χ0n) is 12.4. The quantitative estimate of drug-likeness (QED) is 0.866. The van der Waals surface area contributed by atoms with Crippen molar-refractivity contribution in [2.45, 2.75) is 26.2 Å². The first-order chi connectivity index (χ1) is 9.67. The molecule has 1 aromatic rings. The maximum Gasteiger partial charge on any atom is 0.311 e. The van der Waals surface area contributed by atoms with Gasteiger partial charge < -0.3 is 14.9 Å². The molecule has 0 aliphatic carbocycles. The predicted octanol–water partition coefficient (Wildman–Crippen LogP) is 2.41. The Bertz CT molecular complexity index is 458. The zero-order valence-corrected chi connectivity index (χ0v) is 12.4. The van der Waals surface area contributed by atoms with Gasteiger partial charge in [-0.3, -0.25) is 4.79 Å². The van der Waals surface area contributed by atoms with Crippen molar-refractivity contribution in [1.29, 1.82) is 0 Å². The number of benzene rings is 1. The van der Waals surface area contributed by atoms with Crippen molar-refractivity contribution in [1.82, 2.24) is 4.90 Å². The molecule has 1 atom stereocenters. The molecule has 2 rings (SSSR count). The van der Waals surface area contributed by atoms with Crippen LogP contribution in [0, 0.1) is 0 Å². The van der Waals surface area contributed by atoms with Gasteiger partial charge in [0.25, 0.3) is 0 Å². The maximum absolute atomic E-state index is 11.4. The summed E-state index contributed by atoms with van der Waals surface area (Å²) in [5.74, 6) is -1.06. The fourth-order valence-electron chi connectivity index (χ4n) is 2.92. The summed E-state index contributed by atoms with van der Waals surface area (Å²) >= 11 is 0. The molecule has 20 heavy (non-hydrogen) atoms. The molecule has 1 unspecified atom stereocenters. The highest BCUT2D eigenvalue weighted by atomic mass is 16.4. The molecular weight excluding hydrogens is 252 g/mol. The number of aliphatic carboxylic acids is 1. The lowest BCUT2D eigenvalue weighted by molar-refractivity contribution is -0.139. The number of anilines is 1. The number of fused-ring (bicyclic) bond motifs is 1. The van der Waals surface area contributed by atoms with E-state index in [9.17, 15) is 9.90 Å². The monoisotopic (exact) mass is 276 g/mol. The Hall–Kier alpha value is -1.55. The summed E-state index contributed by atoms with van der Waals surface area (Å²) in [5.41, 5.74) is 2.06. The maximum atomic E-state index is 11.4. The number of nitrogens with zero attached hydrogens (tertiary/aromatic N) is 2. The molecule has 4 nitrogen and oxygen atoms in total. The molecule has 0 amide bonds. The van der Waals surface area contributed by atoms with E-state index >= 15 is 0 Å². The molecule has 0 fully saturated rings. The third-order valence-electron chi connectivity index (χ3n) is 4.22. The van der Waals surface area contributed by atoms with Gasteiger partial charge in [-0.15, -0.1) is 0 Å². The minimum Gasteiger partial charge on any atom is -0.481 e. The number of likely N-dealkylation sites (N-methyl/N-ethyl adjacent to an activating group) is 1. The van der Waals surface area contributed by atoms with Crippen LogP contribution < -0.4 is 4.90 Å². The Morgan fingerprint density at radius 1 is 1.35 bits per heavy atom. The number of rotatable bonds is 6. The van der Waals surface area contributed by atoms with Crippen molar-refractivity contribution in [3.63, 3.8) is 0 Å². The minimum absolute atomic E-state index is 0.351. The van der Waals surface area contributed by atoms with E-state index in [0.717, 1.165) is 44.0 Å². The van der Waals surface area contributed by atoms with Crippen LogP contribution >= 0.6 is 0 Å². The Morgan fingerprint density at radius 2 is 2.05 bits per heavy atom. The van der Waals surface area contributed by atoms with Gasteiger partial charge in [0.1, 0.15) is 0 Å². The van der Waals surface area contributed by atoms with E-state index in [-0.39, 0.29) is 5.92 Å². The van der Waals surface area contributed by atoms with E-state index in [1.807, 2.05) is 24.3 Å². The molecule has 0 bridgehead atoms. The summed E-state index contributed by atoms with van der Waals surface area (Å²) < 4.78 is 0. The smallest absolute Gasteiger partial charge is 0.311 e. The Labute approximate surface area is 121 Å². The van der Waals surface area contributed by atoms with Crippen LogP contribution in [-0.4, -0.2) is 48.7 Å². The standard InChI is InChI=1S/C16H24N2O2/c1-3-17(4-2)11-12-18-10-9-14(16(19)20)13-7-5-6-8-15(13)18/h5-8,14H,3-4,9-12H2,1-2H3,(H,19,20). The van der Waals surface area contributed by atoms with Gasteiger partial charge >= 0.3 is 5.97 Å². The summed E-state index contributed by atoms with van der Waals surface area (Å²) in [6, 6.07) is 7.93. The highest BCUT2D eigenvalue weighted by Gasteiger charge is 2.29. The predicted molar refractivity (Wildman–Crippen MR) is 81.4 cm³/mol. The van der Waals surface area contributed by atoms with Gasteiger partial charge in [0.2, 0.25) is 0 Å². The van der Waals surface area contributed by atoms with E-state index in [4.69, 9.17) is 0 Å². The van der Waals surface area contributed by atoms with Crippen LogP contribution in [0.2, 0.25) is 0 Å². The molecule has 1 aromatic carbocycles. The van der Waals surface area contributed by atoms with Crippen molar-refractivity contribution in [3.8, 4) is 0 Å². The fraction of sp³-hybridized carbons (Fsp3) is 0.562. The van der Waals surface area contributed by atoms with Gasteiger partial charge in [0.05, 0.1) is 5.92 Å². The first-order valence-corrected chi connectivity index (χ1v) is 7.46. The number of carboxylic acids is 1. The first-order valence-electron chi connectivity index (χ1n) is 7.46. The second kappa shape index (κ2) is 6.75. The Kier molecular flexibility index (Phi) is 5.01. The van der Waals surface area contributed by atoms with Crippen molar-refractivity contribution >= 4 is 11.7 Å². The minimum atomic E-state index is -0.708. The average molecular weight is 276 g/mol. The number of para-hydroxylation sites is 1. The Balaban J connectivity index is 2.13. The van der Waals surface area contributed by atoms with Gasteiger partial charge in [0, 0.05) is 25.3 Å². The summed E-state index contributed by atoms with van der Waals surface area (Å²) in [5, 5.41) is 9.34. The van der Waals surface area contributed by atoms with Gasteiger partial charge in [-0.2, -0.15) is 0 Å². The molecule has 1 N–H and O–H groups in total. The zero-order chi connectivity index (χ0) is 14.5. The number of carboxylic acid groups (broad SMARTS) is 1. The largest absolute Gasteiger partial charge is 0.481 e. The summed E-state index contributed by atoms with van der Waals surface area (Å²) in [4.78, 5) is 16.1. The molecule has 0 spiro atoms. The van der Waals surface area contributed by atoms with E-state index < -0.39 is 5.97 Å². The molecule has 4 heteroatoms. The second-order valence-electron chi connectivity index (χ2n) is 5.25. The topological polar surface area (TPSA) is 43.8 Å². The van der Waals surface area contributed by atoms with Crippen LogP contribution in [0.3, 0.4) is 0 Å².